The summed E-state index contributed by atoms with van der Waals surface area (Å²) in [7, 11) is 4.13. The van der Waals surface area contributed by atoms with Crippen molar-refractivity contribution >= 4 is 16.8 Å². The molecule has 2 N–H and O–H groups in total. The highest BCUT2D eigenvalue weighted by Gasteiger charge is 2.19. The number of nitrogens with zero attached hydrogens (tertiary/aromatic N) is 1. The number of aromatic amines is 1. The maximum atomic E-state index is 12.6. The van der Waals surface area contributed by atoms with Crippen LogP contribution in [-0.4, -0.2) is 42.5 Å². The normalized spacial score (nSPS) is 15.8. The van der Waals surface area contributed by atoms with E-state index >= 15 is 0 Å². The number of hydrogen-bond acceptors (Lipinski definition) is 2. The predicted octanol–water partition coefficient (Wildman–Crippen LogP) is 3.36. The summed E-state index contributed by atoms with van der Waals surface area (Å²) in [5.74, 6) is 0.523. The van der Waals surface area contributed by atoms with E-state index < -0.39 is 0 Å². The van der Waals surface area contributed by atoms with Crippen LogP contribution in [-0.2, 0) is 12.8 Å². The van der Waals surface area contributed by atoms with Gasteiger partial charge in [0.2, 0.25) is 0 Å². The minimum absolute atomic E-state index is 0.0233. The molecule has 2 aromatic rings. The molecule has 1 atom stereocenters. The molecule has 0 aliphatic heterocycles. The highest BCUT2D eigenvalue weighted by molar-refractivity contribution is 5.99. The Morgan fingerprint density at radius 1 is 1.25 bits per heavy atom. The van der Waals surface area contributed by atoms with Crippen LogP contribution in [0.15, 0.2) is 18.2 Å². The van der Waals surface area contributed by atoms with Crippen molar-refractivity contribution in [2.45, 2.75) is 45.6 Å². The Balaban J connectivity index is 1.77. The number of carbonyl (C=O) groups is 1. The average molecular weight is 327 g/mol. The van der Waals surface area contributed by atoms with Gasteiger partial charge in [0.15, 0.2) is 0 Å². The predicted molar refractivity (Wildman–Crippen MR) is 99.6 cm³/mol. The molecule has 0 spiro atoms. The quantitative estimate of drug-likeness (QED) is 0.884. The zero-order valence-corrected chi connectivity index (χ0v) is 15.3. The molecular formula is C20H29N3O. The molecule has 0 saturated heterocycles. The van der Waals surface area contributed by atoms with Gasteiger partial charge in [-0.1, -0.05) is 13.8 Å². The highest BCUT2D eigenvalue weighted by atomic mass is 16.1. The lowest BCUT2D eigenvalue weighted by atomic mass is 9.95. The standard InChI is InChI=1S/C20H29N3O/c1-13(2)19(23(3)4)12-21-20(24)14-9-10-18-16(11-14)15-7-5-6-8-17(15)22-18/h9-11,13,19,22H,5-8,12H2,1-4H3,(H,21,24)/t19-/m1/s1. The van der Waals surface area contributed by atoms with E-state index in [1.807, 2.05) is 6.07 Å². The third kappa shape index (κ3) is 3.34. The third-order valence-corrected chi connectivity index (χ3v) is 5.26. The lowest BCUT2D eigenvalue weighted by Gasteiger charge is -2.28. The van der Waals surface area contributed by atoms with Crippen LogP contribution in [0.25, 0.3) is 10.9 Å². The molecule has 130 valence electrons. The summed E-state index contributed by atoms with van der Waals surface area (Å²) in [6.45, 7) is 5.05. The maximum absolute atomic E-state index is 12.6. The van der Waals surface area contributed by atoms with Gasteiger partial charge in [-0.25, -0.2) is 0 Å². The van der Waals surface area contributed by atoms with Crippen molar-refractivity contribution in [1.29, 1.82) is 0 Å². The van der Waals surface area contributed by atoms with Gasteiger partial charge in [-0.3, -0.25) is 4.79 Å². The second kappa shape index (κ2) is 6.98. The number of aryl methyl sites for hydroxylation is 2. The molecule has 0 bridgehead atoms. The Bertz CT molecular complexity index is 722. The number of likely N-dealkylation sites (N-methyl/N-ethyl adjacent to an activating group) is 1. The van der Waals surface area contributed by atoms with E-state index in [1.165, 1.54) is 29.5 Å². The van der Waals surface area contributed by atoms with Gasteiger partial charge in [0.05, 0.1) is 0 Å². The molecule has 4 heteroatoms. The fraction of sp³-hybridized carbons (Fsp3) is 0.550. The fourth-order valence-corrected chi connectivity index (χ4v) is 3.86. The van der Waals surface area contributed by atoms with Gasteiger partial charge in [-0.15, -0.1) is 0 Å². The second-order valence-electron chi connectivity index (χ2n) is 7.53. The molecule has 3 rings (SSSR count). The van der Waals surface area contributed by atoms with Crippen LogP contribution in [0.1, 0.15) is 48.3 Å². The van der Waals surface area contributed by atoms with Gasteiger partial charge in [-0.05, 0) is 69.5 Å². The fourth-order valence-electron chi connectivity index (χ4n) is 3.86. The molecule has 1 aliphatic rings. The van der Waals surface area contributed by atoms with E-state index in [0.717, 1.165) is 23.9 Å². The van der Waals surface area contributed by atoms with Gasteiger partial charge < -0.3 is 15.2 Å². The Morgan fingerprint density at radius 3 is 2.71 bits per heavy atom. The first-order valence-corrected chi connectivity index (χ1v) is 9.05. The number of nitrogens with one attached hydrogen (secondary N) is 2. The number of H-pyrrole nitrogens is 1. The summed E-state index contributed by atoms with van der Waals surface area (Å²) in [5, 5.41) is 4.34. The van der Waals surface area contributed by atoms with Crippen molar-refractivity contribution in [3.8, 4) is 0 Å². The highest BCUT2D eigenvalue weighted by Crippen LogP contribution is 2.29. The van der Waals surface area contributed by atoms with Crippen LogP contribution in [0.3, 0.4) is 0 Å². The molecule has 1 amide bonds. The summed E-state index contributed by atoms with van der Waals surface area (Å²) in [5.41, 5.74) is 4.70. The molecule has 1 heterocycles. The second-order valence-corrected chi connectivity index (χ2v) is 7.53. The number of carbonyl (C=O) groups excluding carboxylic acids is 1. The summed E-state index contributed by atoms with van der Waals surface area (Å²) in [6.07, 6.45) is 4.75. The first-order valence-electron chi connectivity index (χ1n) is 9.05. The summed E-state index contributed by atoms with van der Waals surface area (Å²) in [4.78, 5) is 18.3. The van der Waals surface area contributed by atoms with E-state index in [9.17, 15) is 4.79 Å². The Labute approximate surface area is 144 Å². The van der Waals surface area contributed by atoms with E-state index in [-0.39, 0.29) is 5.91 Å². The van der Waals surface area contributed by atoms with E-state index in [2.05, 4.69) is 55.3 Å². The summed E-state index contributed by atoms with van der Waals surface area (Å²) >= 11 is 0. The van der Waals surface area contributed by atoms with Crippen molar-refractivity contribution in [3.05, 3.63) is 35.0 Å². The third-order valence-electron chi connectivity index (χ3n) is 5.26. The molecule has 1 aromatic carbocycles. The summed E-state index contributed by atoms with van der Waals surface area (Å²) < 4.78 is 0. The largest absolute Gasteiger partial charge is 0.358 e. The summed E-state index contributed by atoms with van der Waals surface area (Å²) in [6, 6.07) is 6.39. The molecular weight excluding hydrogens is 298 g/mol. The number of hydrogen-bond donors (Lipinski definition) is 2. The first kappa shape index (κ1) is 17.0. The number of fused-ring (bicyclic) bond motifs is 3. The smallest absolute Gasteiger partial charge is 0.251 e. The number of aromatic nitrogens is 1. The van der Waals surface area contributed by atoms with Crippen molar-refractivity contribution in [2.24, 2.45) is 5.92 Å². The number of benzene rings is 1. The van der Waals surface area contributed by atoms with Crippen LogP contribution < -0.4 is 5.32 Å². The van der Waals surface area contributed by atoms with Crippen molar-refractivity contribution in [3.63, 3.8) is 0 Å². The molecule has 0 saturated carbocycles. The van der Waals surface area contributed by atoms with Gasteiger partial charge in [0, 0.05) is 34.7 Å². The Kier molecular flexibility index (Phi) is 4.95. The minimum atomic E-state index is 0.0233. The van der Waals surface area contributed by atoms with Crippen LogP contribution in [0.4, 0.5) is 0 Å². The van der Waals surface area contributed by atoms with Crippen molar-refractivity contribution in [2.75, 3.05) is 20.6 Å². The van der Waals surface area contributed by atoms with Crippen LogP contribution in [0.5, 0.6) is 0 Å². The van der Waals surface area contributed by atoms with Gasteiger partial charge in [0.1, 0.15) is 0 Å². The van der Waals surface area contributed by atoms with E-state index in [4.69, 9.17) is 0 Å². The number of rotatable bonds is 5. The molecule has 1 aromatic heterocycles. The Morgan fingerprint density at radius 2 is 2.00 bits per heavy atom. The van der Waals surface area contributed by atoms with Crippen LogP contribution >= 0.6 is 0 Å². The van der Waals surface area contributed by atoms with Gasteiger partial charge in [0.25, 0.3) is 5.91 Å². The van der Waals surface area contributed by atoms with Crippen LogP contribution in [0, 0.1) is 5.92 Å². The molecule has 24 heavy (non-hydrogen) atoms. The molecule has 4 nitrogen and oxygen atoms in total. The van der Waals surface area contributed by atoms with E-state index in [0.29, 0.717) is 18.5 Å². The Hall–Kier alpha value is -1.81. The van der Waals surface area contributed by atoms with Crippen LogP contribution in [0.2, 0.25) is 0 Å². The van der Waals surface area contributed by atoms with E-state index in [1.54, 1.807) is 0 Å². The molecule has 0 fully saturated rings. The molecule has 0 radical (unpaired) electrons. The van der Waals surface area contributed by atoms with Gasteiger partial charge in [-0.2, -0.15) is 0 Å². The lowest BCUT2D eigenvalue weighted by Crippen LogP contribution is -2.43. The lowest BCUT2D eigenvalue weighted by molar-refractivity contribution is 0.0935. The van der Waals surface area contributed by atoms with Gasteiger partial charge >= 0.3 is 0 Å². The molecule has 1 aliphatic carbocycles. The topological polar surface area (TPSA) is 48.1 Å². The zero-order chi connectivity index (χ0) is 17.3. The monoisotopic (exact) mass is 327 g/mol. The molecule has 0 unspecified atom stereocenters. The number of amides is 1. The maximum Gasteiger partial charge on any atom is 0.251 e. The average Bonchev–Trinajstić information content (AvgIpc) is 2.92. The first-order chi connectivity index (χ1) is 11.5. The zero-order valence-electron chi connectivity index (χ0n) is 15.3. The van der Waals surface area contributed by atoms with Crippen molar-refractivity contribution in [1.82, 2.24) is 15.2 Å². The SMILES string of the molecule is CC(C)[C@@H](CNC(=O)c1ccc2[nH]c3c(c2c1)CCCC3)N(C)C. The minimum Gasteiger partial charge on any atom is -0.358 e. The van der Waals surface area contributed by atoms with Crippen molar-refractivity contribution < 1.29 is 4.79 Å².